The Morgan fingerprint density at radius 1 is 0.824 bits per heavy atom. The first-order valence-electron chi connectivity index (χ1n) is 15.2. The number of hydrogen-bond acceptors (Lipinski definition) is 8. The third-order valence-electron chi connectivity index (χ3n) is 7.45. The molecule has 0 radical (unpaired) electrons. The highest BCUT2D eigenvalue weighted by molar-refractivity contribution is 5.71. The average molecular weight is 730 g/mol. The van der Waals surface area contributed by atoms with Gasteiger partial charge in [0.25, 0.3) is 0 Å². The minimum atomic E-state index is -5.16. The predicted molar refractivity (Wildman–Crippen MR) is 163 cm³/mol. The lowest BCUT2D eigenvalue weighted by Gasteiger charge is -2.26. The number of rotatable bonds is 13. The van der Waals surface area contributed by atoms with E-state index in [1.165, 1.54) is 7.11 Å². The van der Waals surface area contributed by atoms with Gasteiger partial charge in [-0.2, -0.15) is 39.5 Å². The summed E-state index contributed by atoms with van der Waals surface area (Å²) in [5, 5.41) is 10.7. The highest BCUT2D eigenvalue weighted by atomic mass is 19.4. The molecular weight excluding hydrogens is 699 g/mol. The van der Waals surface area contributed by atoms with Crippen molar-refractivity contribution in [2.24, 2.45) is 0 Å². The number of methoxy groups -OCH3 is 1. The summed E-state index contributed by atoms with van der Waals surface area (Å²) in [6.45, 7) is 2.33. The van der Waals surface area contributed by atoms with Gasteiger partial charge in [0.05, 0.1) is 42.8 Å². The van der Waals surface area contributed by atoms with Crippen molar-refractivity contribution in [2.45, 2.75) is 64.2 Å². The van der Waals surface area contributed by atoms with Crippen LogP contribution in [0.5, 0.6) is 11.5 Å². The number of carbonyl (C=O) groups excluding carboxylic acids is 1. The van der Waals surface area contributed by atoms with E-state index < -0.39 is 59.8 Å². The number of benzene rings is 2. The van der Waals surface area contributed by atoms with Crippen LogP contribution < -0.4 is 19.5 Å². The van der Waals surface area contributed by atoms with Gasteiger partial charge in [-0.25, -0.2) is 15.0 Å². The average Bonchev–Trinajstić information content (AvgIpc) is 3.05. The van der Waals surface area contributed by atoms with E-state index >= 15 is 0 Å². The van der Waals surface area contributed by atoms with Crippen molar-refractivity contribution in [3.63, 3.8) is 0 Å². The number of pyridine rings is 1. The van der Waals surface area contributed by atoms with Gasteiger partial charge in [-0.15, -0.1) is 0 Å². The van der Waals surface area contributed by atoms with E-state index in [0.29, 0.717) is 17.8 Å². The Morgan fingerprint density at radius 3 is 1.96 bits per heavy atom. The summed E-state index contributed by atoms with van der Waals surface area (Å²) in [4.78, 5) is 24.6. The number of hydrogen-bond donors (Lipinski definition) is 0. The number of carboxylic acids is 1. The van der Waals surface area contributed by atoms with Gasteiger partial charge in [-0.3, -0.25) is 0 Å². The highest BCUT2D eigenvalue weighted by Gasteiger charge is 2.37. The molecule has 0 saturated carbocycles. The molecular formula is C34H30F9N4O4-. The van der Waals surface area contributed by atoms with Crippen LogP contribution in [0.4, 0.5) is 45.5 Å². The maximum atomic E-state index is 14.0. The normalized spacial score (nSPS) is 12.3. The summed E-state index contributed by atoms with van der Waals surface area (Å²) in [5.41, 5.74) is -3.98. The first-order valence-corrected chi connectivity index (χ1v) is 15.2. The van der Waals surface area contributed by atoms with Crippen LogP contribution >= 0.6 is 0 Å². The zero-order valence-electron chi connectivity index (χ0n) is 27.2. The van der Waals surface area contributed by atoms with Crippen molar-refractivity contribution in [3.05, 3.63) is 94.4 Å². The lowest BCUT2D eigenvalue weighted by molar-refractivity contribution is -0.305. The summed E-state index contributed by atoms with van der Waals surface area (Å²) >= 11 is 0. The summed E-state index contributed by atoms with van der Waals surface area (Å²) < 4.78 is 135. The molecule has 0 amide bonds. The molecule has 2 aromatic heterocycles. The molecule has 0 saturated heterocycles. The molecule has 4 aromatic rings. The maximum absolute atomic E-state index is 14.0. The smallest absolute Gasteiger partial charge is 0.416 e. The predicted octanol–water partition coefficient (Wildman–Crippen LogP) is 7.84. The molecule has 0 aliphatic carbocycles. The lowest BCUT2D eigenvalue weighted by Crippen LogP contribution is -2.26. The van der Waals surface area contributed by atoms with Gasteiger partial charge in [-0.1, -0.05) is 19.9 Å². The molecule has 0 N–H and O–H groups in total. The fraction of sp³-hybridized carbons (Fsp3) is 0.353. The maximum Gasteiger partial charge on any atom is 0.416 e. The standard InChI is InChI=1S/C34H31F9N4O4/c1-19(2)27-8-9-28(50-3)30(46-27)26-7-6-22(32(35,36)37)13-21(26)18-47(31-44-15-25(16-45-31)51-10-4-5-29(48)49)17-20-11-23(33(38,39)40)14-24(12-20)34(41,42)43/h6-9,11-16,19H,4-5,10,17-18H2,1-3H3,(H,48,49)/p-1. The zero-order chi connectivity index (χ0) is 37.7. The van der Waals surface area contributed by atoms with Crippen LogP contribution in [-0.2, 0) is 36.4 Å². The van der Waals surface area contributed by atoms with E-state index in [9.17, 15) is 49.4 Å². The third-order valence-corrected chi connectivity index (χ3v) is 7.45. The van der Waals surface area contributed by atoms with Crippen LogP contribution in [0.25, 0.3) is 11.3 Å². The quantitative estimate of drug-likeness (QED) is 0.101. The molecule has 274 valence electrons. The number of carbonyl (C=O) groups is 1. The third kappa shape index (κ3) is 10.2. The molecule has 0 aliphatic heterocycles. The van der Waals surface area contributed by atoms with Crippen LogP contribution in [-0.4, -0.2) is 34.6 Å². The monoisotopic (exact) mass is 729 g/mol. The van der Waals surface area contributed by atoms with E-state index in [1.54, 1.807) is 12.1 Å². The first-order chi connectivity index (χ1) is 23.8. The van der Waals surface area contributed by atoms with Gasteiger partial charge in [0.1, 0.15) is 11.4 Å². The second-order valence-corrected chi connectivity index (χ2v) is 11.6. The number of ether oxygens (including phenoxy) is 2. The van der Waals surface area contributed by atoms with E-state index in [2.05, 4.69) is 15.0 Å². The molecule has 8 nitrogen and oxygen atoms in total. The Morgan fingerprint density at radius 2 is 1.43 bits per heavy atom. The van der Waals surface area contributed by atoms with Crippen molar-refractivity contribution in [3.8, 4) is 22.8 Å². The van der Waals surface area contributed by atoms with E-state index in [-0.39, 0.29) is 65.7 Å². The van der Waals surface area contributed by atoms with Gasteiger partial charge in [0.15, 0.2) is 5.75 Å². The largest absolute Gasteiger partial charge is 0.550 e. The molecule has 0 aliphatic rings. The minimum absolute atomic E-state index is 0.0367. The van der Waals surface area contributed by atoms with Crippen molar-refractivity contribution >= 4 is 11.9 Å². The number of anilines is 1. The summed E-state index contributed by atoms with van der Waals surface area (Å²) in [7, 11) is 1.33. The first kappa shape index (κ1) is 38.7. The Balaban J connectivity index is 1.87. The molecule has 0 unspecified atom stereocenters. The molecule has 0 fully saturated rings. The second-order valence-electron chi connectivity index (χ2n) is 11.6. The minimum Gasteiger partial charge on any atom is -0.550 e. The van der Waals surface area contributed by atoms with Crippen LogP contribution in [0.3, 0.4) is 0 Å². The summed E-state index contributed by atoms with van der Waals surface area (Å²) in [6.07, 6.45) is -13.2. The van der Waals surface area contributed by atoms with Crippen molar-refractivity contribution in [2.75, 3.05) is 18.6 Å². The topological polar surface area (TPSA) is 101 Å². The van der Waals surface area contributed by atoms with Gasteiger partial charge in [0, 0.05) is 30.3 Å². The summed E-state index contributed by atoms with van der Waals surface area (Å²) in [5.74, 6) is -1.47. The highest BCUT2D eigenvalue weighted by Crippen LogP contribution is 2.39. The molecule has 0 bridgehead atoms. The molecule has 51 heavy (non-hydrogen) atoms. The number of halogens is 9. The van der Waals surface area contributed by atoms with E-state index in [4.69, 9.17) is 9.47 Å². The number of aromatic nitrogens is 3. The van der Waals surface area contributed by atoms with Gasteiger partial charge >= 0.3 is 18.5 Å². The number of alkyl halides is 9. The van der Waals surface area contributed by atoms with Crippen LogP contribution in [0.1, 0.15) is 66.1 Å². The second kappa shape index (κ2) is 15.4. The Kier molecular flexibility index (Phi) is 11.7. The fourth-order valence-electron chi connectivity index (χ4n) is 4.96. The number of nitrogens with zero attached hydrogens (tertiary/aromatic N) is 4. The molecule has 0 spiro atoms. The zero-order valence-corrected chi connectivity index (χ0v) is 27.2. The molecule has 2 heterocycles. The fourth-order valence-corrected chi connectivity index (χ4v) is 4.96. The SMILES string of the molecule is COc1ccc(C(C)C)nc1-c1ccc(C(F)(F)F)cc1CN(Cc1cc(C(F)(F)F)cc(C(F)(F)F)c1)c1ncc(OCCCC(=O)[O-])cn1. The van der Waals surface area contributed by atoms with Crippen molar-refractivity contribution in [1.82, 2.24) is 15.0 Å². The molecule has 4 rings (SSSR count). The van der Waals surface area contributed by atoms with E-state index in [1.807, 2.05) is 13.8 Å². The van der Waals surface area contributed by atoms with Gasteiger partial charge in [-0.05, 0) is 72.4 Å². The Bertz CT molecular complexity index is 1790. The molecule has 17 heteroatoms. The van der Waals surface area contributed by atoms with Crippen LogP contribution in [0, 0.1) is 0 Å². The number of aliphatic carboxylic acids is 1. The van der Waals surface area contributed by atoms with Crippen molar-refractivity contribution in [1.29, 1.82) is 0 Å². The molecule has 2 aromatic carbocycles. The van der Waals surface area contributed by atoms with Crippen LogP contribution in [0.15, 0.2) is 60.9 Å². The molecule has 0 atom stereocenters. The summed E-state index contributed by atoms with van der Waals surface area (Å²) in [6, 6.07) is 6.98. The Labute approximate surface area is 285 Å². The van der Waals surface area contributed by atoms with Gasteiger partial charge in [0.2, 0.25) is 5.95 Å². The van der Waals surface area contributed by atoms with Gasteiger partial charge < -0.3 is 24.3 Å². The van der Waals surface area contributed by atoms with Crippen LogP contribution in [0.2, 0.25) is 0 Å². The van der Waals surface area contributed by atoms with Crippen molar-refractivity contribution < 1.29 is 58.9 Å². The lowest BCUT2D eigenvalue weighted by atomic mass is 9.98. The van der Waals surface area contributed by atoms with E-state index in [0.717, 1.165) is 35.5 Å². The Hall–Kier alpha value is -5.09. The number of carboxylic acid groups (broad SMARTS) is 1.